The number of rotatable bonds is 4. The Hall–Kier alpha value is -2.43. The van der Waals surface area contributed by atoms with E-state index in [1.54, 1.807) is 0 Å². The molecule has 1 aromatic rings. The topological polar surface area (TPSA) is 65.3 Å². The van der Waals surface area contributed by atoms with Gasteiger partial charge in [-0.15, -0.1) is 0 Å². The lowest BCUT2D eigenvalue weighted by molar-refractivity contribution is -0.132. The molecule has 0 aliphatic heterocycles. The summed E-state index contributed by atoms with van der Waals surface area (Å²) in [6.45, 7) is 17.0. The number of carbonyl (C=O) groups is 1. The third-order valence-electron chi connectivity index (χ3n) is 5.56. The highest BCUT2D eigenvalue weighted by atomic mass is 16.4. The molecule has 0 bridgehead atoms. The maximum atomic E-state index is 11.0. The lowest BCUT2D eigenvalue weighted by Gasteiger charge is -2.42. The summed E-state index contributed by atoms with van der Waals surface area (Å²) in [5, 5.41) is 9.02. The molecular formula is C22H31N3O2. The van der Waals surface area contributed by atoms with Crippen molar-refractivity contribution in [2.75, 3.05) is 11.4 Å². The molecule has 0 unspecified atom stereocenters. The van der Waals surface area contributed by atoms with Gasteiger partial charge in [0.25, 0.3) is 0 Å². The van der Waals surface area contributed by atoms with Gasteiger partial charge in [0.15, 0.2) is 0 Å². The Bertz CT molecular complexity index is 804. The standard InChI is InChI=1S/C22H31N3O2/c1-8-25(20(23-7)24-14-15(2)19(26)27)16-9-10-17-18(13-16)22(5,6)12-11-21(17,3)4/h9-10,13-14H,7-8,11-12H2,1-6H3,(H,26,27)/b15-14+,24-20+. The van der Waals surface area contributed by atoms with Crippen molar-refractivity contribution in [3.63, 3.8) is 0 Å². The number of carboxylic acids is 1. The molecule has 0 saturated heterocycles. The summed E-state index contributed by atoms with van der Waals surface area (Å²) < 4.78 is 0. The molecule has 1 aliphatic carbocycles. The van der Waals surface area contributed by atoms with Crippen LogP contribution in [0.4, 0.5) is 5.69 Å². The molecule has 0 heterocycles. The van der Waals surface area contributed by atoms with E-state index in [2.05, 4.69) is 62.6 Å². The van der Waals surface area contributed by atoms with Gasteiger partial charge >= 0.3 is 5.97 Å². The van der Waals surface area contributed by atoms with Crippen molar-refractivity contribution in [3.8, 4) is 0 Å². The maximum Gasteiger partial charge on any atom is 0.332 e. The molecule has 0 spiro atoms. The van der Waals surface area contributed by atoms with Crippen LogP contribution >= 0.6 is 0 Å². The van der Waals surface area contributed by atoms with Crippen LogP contribution in [0.15, 0.2) is 40.0 Å². The fraction of sp³-hybridized carbons (Fsp3) is 0.500. The SMILES string of the molecule is C=N/C(=N\C=C(/C)C(=O)O)N(CC)c1ccc2c(c1)C(C)(C)CCC2(C)C. The summed E-state index contributed by atoms with van der Waals surface area (Å²) in [5.74, 6) is -0.603. The normalized spacial score (nSPS) is 18.6. The van der Waals surface area contributed by atoms with Crippen molar-refractivity contribution >= 4 is 24.3 Å². The molecule has 0 aromatic heterocycles. The Balaban J connectivity index is 2.52. The van der Waals surface area contributed by atoms with Gasteiger partial charge < -0.3 is 10.0 Å². The molecule has 0 radical (unpaired) electrons. The Labute approximate surface area is 162 Å². The van der Waals surface area contributed by atoms with E-state index in [1.165, 1.54) is 30.7 Å². The largest absolute Gasteiger partial charge is 0.478 e. The van der Waals surface area contributed by atoms with Crippen molar-refractivity contribution in [1.29, 1.82) is 0 Å². The second kappa shape index (κ2) is 7.67. The monoisotopic (exact) mass is 369 g/mol. The Morgan fingerprint density at radius 1 is 1.22 bits per heavy atom. The zero-order valence-corrected chi connectivity index (χ0v) is 17.3. The minimum absolute atomic E-state index is 0.110. The van der Waals surface area contributed by atoms with Gasteiger partial charge in [0, 0.05) is 18.4 Å². The van der Waals surface area contributed by atoms with Crippen molar-refractivity contribution in [2.45, 2.75) is 65.2 Å². The van der Waals surface area contributed by atoms with E-state index in [-0.39, 0.29) is 16.4 Å². The van der Waals surface area contributed by atoms with Gasteiger partial charge in [-0.2, -0.15) is 0 Å². The average molecular weight is 370 g/mol. The van der Waals surface area contributed by atoms with E-state index in [9.17, 15) is 4.79 Å². The summed E-state index contributed by atoms with van der Waals surface area (Å²) in [4.78, 5) is 21.3. The first kappa shape index (κ1) is 20.9. The van der Waals surface area contributed by atoms with Crippen molar-refractivity contribution < 1.29 is 9.90 Å². The number of aliphatic carboxylic acids is 1. The molecule has 27 heavy (non-hydrogen) atoms. The smallest absolute Gasteiger partial charge is 0.332 e. The summed E-state index contributed by atoms with van der Waals surface area (Å²) >= 11 is 0. The van der Waals surface area contributed by atoms with E-state index in [0.29, 0.717) is 12.5 Å². The predicted octanol–water partition coefficient (Wildman–Crippen LogP) is 4.91. The Kier molecular flexibility index (Phi) is 5.93. The molecule has 0 saturated carbocycles. The molecule has 0 amide bonds. The van der Waals surface area contributed by atoms with Gasteiger partial charge in [0.2, 0.25) is 5.96 Å². The lowest BCUT2D eigenvalue weighted by Crippen LogP contribution is -2.35. The highest BCUT2D eigenvalue weighted by Gasteiger charge is 2.37. The molecule has 2 rings (SSSR count). The zero-order valence-electron chi connectivity index (χ0n) is 17.3. The van der Waals surface area contributed by atoms with E-state index in [4.69, 9.17) is 5.11 Å². The summed E-state index contributed by atoms with van der Waals surface area (Å²) in [6, 6.07) is 6.54. The van der Waals surface area contributed by atoms with Crippen molar-refractivity contribution in [3.05, 3.63) is 41.1 Å². The maximum absolute atomic E-state index is 11.0. The van der Waals surface area contributed by atoms with Crippen molar-refractivity contribution in [1.82, 2.24) is 0 Å². The first-order valence-electron chi connectivity index (χ1n) is 9.40. The number of hydrogen-bond acceptors (Lipinski definition) is 2. The first-order chi connectivity index (χ1) is 12.5. The van der Waals surface area contributed by atoms with E-state index in [0.717, 1.165) is 12.1 Å². The van der Waals surface area contributed by atoms with Crippen LogP contribution in [-0.2, 0) is 15.6 Å². The van der Waals surface area contributed by atoms with Gasteiger partial charge in [0.05, 0.1) is 5.57 Å². The summed E-state index contributed by atoms with van der Waals surface area (Å²) in [5.41, 5.74) is 4.17. The van der Waals surface area contributed by atoms with E-state index >= 15 is 0 Å². The third kappa shape index (κ3) is 4.29. The molecule has 1 N–H and O–H groups in total. The van der Waals surface area contributed by atoms with E-state index in [1.807, 2.05) is 11.8 Å². The number of hydrogen-bond donors (Lipinski definition) is 1. The van der Waals surface area contributed by atoms with E-state index < -0.39 is 5.97 Å². The number of aliphatic imine (C=N–C) groups is 2. The molecule has 1 aliphatic rings. The molecule has 0 atom stereocenters. The number of fused-ring (bicyclic) bond motifs is 1. The molecule has 146 valence electrons. The molecule has 5 nitrogen and oxygen atoms in total. The van der Waals surface area contributed by atoms with Crippen LogP contribution < -0.4 is 4.90 Å². The molecule has 5 heteroatoms. The van der Waals surface area contributed by atoms with Gasteiger partial charge in [-0.05, 0) is 67.5 Å². The van der Waals surface area contributed by atoms with Crippen LogP contribution in [0.5, 0.6) is 0 Å². The van der Waals surface area contributed by atoms with Crippen LogP contribution in [-0.4, -0.2) is 30.3 Å². The number of carboxylic acid groups (broad SMARTS) is 1. The number of anilines is 1. The van der Waals surface area contributed by atoms with Crippen molar-refractivity contribution in [2.24, 2.45) is 9.98 Å². The number of guanidine groups is 1. The first-order valence-corrected chi connectivity index (χ1v) is 9.40. The second-order valence-electron chi connectivity index (χ2n) is 8.45. The van der Waals surface area contributed by atoms with Gasteiger partial charge in [-0.25, -0.2) is 14.8 Å². The van der Waals surface area contributed by atoms with Gasteiger partial charge in [-0.1, -0.05) is 33.8 Å². The highest BCUT2D eigenvalue weighted by Crippen LogP contribution is 2.46. The van der Waals surface area contributed by atoms with Gasteiger partial charge in [-0.3, -0.25) is 0 Å². The lowest BCUT2D eigenvalue weighted by atomic mass is 9.63. The molecular weight excluding hydrogens is 338 g/mol. The minimum atomic E-state index is -0.997. The van der Waals surface area contributed by atoms with Crippen LogP contribution in [0.2, 0.25) is 0 Å². The average Bonchev–Trinajstić information content (AvgIpc) is 2.62. The fourth-order valence-electron chi connectivity index (χ4n) is 3.59. The van der Waals surface area contributed by atoms with Crippen LogP contribution in [0.3, 0.4) is 0 Å². The predicted molar refractivity (Wildman–Crippen MR) is 113 cm³/mol. The number of benzene rings is 1. The number of nitrogens with zero attached hydrogens (tertiary/aromatic N) is 3. The fourth-order valence-corrected chi connectivity index (χ4v) is 3.59. The molecule has 1 aromatic carbocycles. The van der Waals surface area contributed by atoms with Crippen LogP contribution in [0.1, 0.15) is 65.5 Å². The second-order valence-corrected chi connectivity index (χ2v) is 8.45. The quantitative estimate of drug-likeness (QED) is 0.466. The zero-order chi connectivity index (χ0) is 20.4. The summed E-state index contributed by atoms with van der Waals surface area (Å²) in [7, 11) is 0. The minimum Gasteiger partial charge on any atom is -0.478 e. The van der Waals surface area contributed by atoms with Crippen LogP contribution in [0, 0.1) is 0 Å². The summed E-state index contributed by atoms with van der Waals surface area (Å²) in [6.07, 6.45) is 3.63. The third-order valence-corrected chi connectivity index (χ3v) is 5.56. The molecule has 0 fully saturated rings. The van der Waals surface area contributed by atoms with Gasteiger partial charge in [0.1, 0.15) is 0 Å². The Morgan fingerprint density at radius 3 is 2.33 bits per heavy atom. The highest BCUT2D eigenvalue weighted by molar-refractivity contribution is 5.99. The Morgan fingerprint density at radius 2 is 1.81 bits per heavy atom. The van der Waals surface area contributed by atoms with Crippen LogP contribution in [0.25, 0.3) is 0 Å².